The molecular formula is C33H46N6O. The molecule has 0 atom stereocenters. The van der Waals surface area contributed by atoms with Gasteiger partial charge in [0.1, 0.15) is 0 Å². The third-order valence-corrected chi connectivity index (χ3v) is 9.61. The lowest BCUT2D eigenvalue weighted by Gasteiger charge is -2.62. The number of amides is 1. The van der Waals surface area contributed by atoms with Gasteiger partial charge in [-0.15, -0.1) is 0 Å². The van der Waals surface area contributed by atoms with Crippen LogP contribution in [0.3, 0.4) is 0 Å². The molecule has 1 aromatic carbocycles. The van der Waals surface area contributed by atoms with Crippen LogP contribution in [0.1, 0.15) is 52.9 Å². The van der Waals surface area contributed by atoms with E-state index in [9.17, 15) is 4.79 Å². The molecule has 1 saturated carbocycles. The Hall–Kier alpha value is -3.06. The van der Waals surface area contributed by atoms with Crippen molar-refractivity contribution in [1.29, 1.82) is 0 Å². The molecule has 214 valence electrons. The van der Waals surface area contributed by atoms with E-state index in [1.807, 2.05) is 15.6 Å². The Balaban J connectivity index is 0.000000363. The van der Waals surface area contributed by atoms with Gasteiger partial charge in [0.05, 0.1) is 11.2 Å². The van der Waals surface area contributed by atoms with E-state index < -0.39 is 0 Å². The Labute approximate surface area is 239 Å². The number of rotatable bonds is 5. The molecule has 0 bridgehead atoms. The van der Waals surface area contributed by atoms with Gasteiger partial charge in [-0.2, -0.15) is 5.10 Å². The van der Waals surface area contributed by atoms with E-state index in [0.717, 1.165) is 44.0 Å². The number of likely N-dealkylation sites (tertiary alicyclic amines) is 1. The summed E-state index contributed by atoms with van der Waals surface area (Å²) in [5, 5.41) is 4.54. The van der Waals surface area contributed by atoms with Crippen LogP contribution >= 0.6 is 0 Å². The molecule has 4 aliphatic rings. The quantitative estimate of drug-likeness (QED) is 0.404. The molecule has 7 rings (SSSR count). The van der Waals surface area contributed by atoms with Crippen LogP contribution in [0.5, 0.6) is 0 Å². The average Bonchev–Trinajstić information content (AvgIpc) is 3.37. The van der Waals surface area contributed by atoms with Gasteiger partial charge >= 0.3 is 0 Å². The number of fused-ring (bicyclic) bond motifs is 1. The lowest BCUT2D eigenvalue weighted by atomic mass is 9.72. The fourth-order valence-corrected chi connectivity index (χ4v) is 6.99. The summed E-state index contributed by atoms with van der Waals surface area (Å²) >= 11 is 0. The van der Waals surface area contributed by atoms with Crippen molar-refractivity contribution in [1.82, 2.24) is 19.4 Å². The lowest BCUT2D eigenvalue weighted by molar-refractivity contribution is -0.118. The van der Waals surface area contributed by atoms with Crippen molar-refractivity contribution in [2.24, 2.45) is 11.3 Å². The van der Waals surface area contributed by atoms with Crippen molar-refractivity contribution in [3.63, 3.8) is 0 Å². The van der Waals surface area contributed by atoms with Crippen LogP contribution in [0.25, 0.3) is 16.6 Å². The average molecular weight is 543 g/mol. The third-order valence-electron chi connectivity index (χ3n) is 9.61. The molecule has 0 N–H and O–H groups in total. The molecule has 1 amide bonds. The van der Waals surface area contributed by atoms with Crippen LogP contribution < -0.4 is 9.80 Å². The molecule has 3 saturated heterocycles. The van der Waals surface area contributed by atoms with Gasteiger partial charge < -0.3 is 14.7 Å². The molecule has 7 nitrogen and oxygen atoms in total. The molecule has 40 heavy (non-hydrogen) atoms. The van der Waals surface area contributed by atoms with E-state index in [4.69, 9.17) is 0 Å². The lowest BCUT2D eigenvalue weighted by Crippen LogP contribution is -2.73. The molecule has 3 aliphatic heterocycles. The largest absolute Gasteiger partial charge is 0.370 e. The Bertz CT molecular complexity index is 1270. The highest BCUT2D eigenvalue weighted by atomic mass is 16.1. The minimum absolute atomic E-state index is 0.530. The first-order valence-electron chi connectivity index (χ1n) is 15.4. The number of piperazine rings is 1. The maximum absolute atomic E-state index is 11.0. The van der Waals surface area contributed by atoms with Crippen molar-refractivity contribution in [3.05, 3.63) is 48.8 Å². The zero-order chi connectivity index (χ0) is 27.7. The van der Waals surface area contributed by atoms with Crippen molar-refractivity contribution in [3.8, 4) is 11.1 Å². The number of aromatic nitrogens is 2. The van der Waals surface area contributed by atoms with Gasteiger partial charge in [0, 0.05) is 87.5 Å². The smallest absolute Gasteiger partial charge is 0.209 e. The van der Waals surface area contributed by atoms with Crippen LogP contribution in [0.4, 0.5) is 11.4 Å². The summed E-state index contributed by atoms with van der Waals surface area (Å²) in [5.74, 6) is 1.04. The molecule has 1 spiro atoms. The minimum atomic E-state index is 0.530. The molecule has 0 radical (unpaired) electrons. The topological polar surface area (TPSA) is 47.3 Å². The Morgan fingerprint density at radius 1 is 0.875 bits per heavy atom. The second-order valence-corrected chi connectivity index (χ2v) is 13.0. The number of anilines is 2. The summed E-state index contributed by atoms with van der Waals surface area (Å²) in [6.45, 7) is 15.0. The molecule has 7 heteroatoms. The zero-order valence-electron chi connectivity index (χ0n) is 24.6. The number of hydrogen-bond donors (Lipinski definition) is 0. The summed E-state index contributed by atoms with van der Waals surface area (Å²) in [5.41, 5.74) is 6.54. The van der Waals surface area contributed by atoms with E-state index in [1.54, 1.807) is 0 Å². The van der Waals surface area contributed by atoms with Gasteiger partial charge in [0.15, 0.2) is 0 Å². The first-order valence-corrected chi connectivity index (χ1v) is 15.4. The zero-order valence-corrected chi connectivity index (χ0v) is 24.6. The van der Waals surface area contributed by atoms with Gasteiger partial charge in [-0.05, 0) is 49.6 Å². The highest BCUT2D eigenvalue weighted by Crippen LogP contribution is 2.43. The molecule has 0 unspecified atom stereocenters. The van der Waals surface area contributed by atoms with Gasteiger partial charge in [-0.25, -0.2) is 4.52 Å². The van der Waals surface area contributed by atoms with E-state index in [-0.39, 0.29) is 0 Å². The maximum Gasteiger partial charge on any atom is 0.209 e. The fourth-order valence-electron chi connectivity index (χ4n) is 6.99. The predicted molar refractivity (Wildman–Crippen MR) is 164 cm³/mol. The number of nitrogens with zero attached hydrogens (tertiary/aromatic N) is 6. The molecule has 2 aromatic heterocycles. The van der Waals surface area contributed by atoms with Gasteiger partial charge in [-0.1, -0.05) is 51.2 Å². The normalized spacial score (nSPS) is 21.2. The number of hydrogen-bond acceptors (Lipinski definition) is 5. The van der Waals surface area contributed by atoms with Crippen LogP contribution in [-0.2, 0) is 4.79 Å². The molecule has 1 aliphatic carbocycles. The first-order chi connectivity index (χ1) is 19.4. The second kappa shape index (κ2) is 11.4. The van der Waals surface area contributed by atoms with E-state index in [0.29, 0.717) is 11.5 Å². The molecule has 3 aromatic rings. The van der Waals surface area contributed by atoms with Gasteiger partial charge in [0.25, 0.3) is 0 Å². The summed E-state index contributed by atoms with van der Waals surface area (Å²) < 4.78 is 1.97. The van der Waals surface area contributed by atoms with Crippen molar-refractivity contribution < 1.29 is 4.79 Å². The maximum atomic E-state index is 11.0. The Kier molecular flexibility index (Phi) is 7.76. The van der Waals surface area contributed by atoms with Gasteiger partial charge in [0.2, 0.25) is 6.41 Å². The standard InChI is InChI=1S/C26H32N6O.C7H14/c1-20(2)30-15-26(16-30)17-31(18-26)23-5-3-21(4-6-23)22-13-25-24(7-8-27-32(25)14-22)29-11-9-28(19-33)10-12-29;1-7-5-3-2-4-6-7/h3-8,13-14,19-20H,9-12,15-18H2,1-2H3;7H,2-6H2,1H3. The summed E-state index contributed by atoms with van der Waals surface area (Å²) in [4.78, 5) is 20.3. The molecule has 4 fully saturated rings. The molecular weight excluding hydrogens is 496 g/mol. The number of carbonyl (C=O) groups is 1. The summed E-state index contributed by atoms with van der Waals surface area (Å²) in [7, 11) is 0. The fraction of sp³-hybridized carbons (Fsp3) is 0.576. The highest BCUT2D eigenvalue weighted by Gasteiger charge is 2.52. The number of carbonyl (C=O) groups excluding carboxylic acids is 1. The van der Waals surface area contributed by atoms with E-state index >= 15 is 0 Å². The van der Waals surface area contributed by atoms with Crippen LogP contribution in [-0.4, -0.2) is 84.2 Å². The van der Waals surface area contributed by atoms with Crippen molar-refractivity contribution in [2.75, 3.05) is 62.2 Å². The van der Waals surface area contributed by atoms with Crippen LogP contribution in [0.2, 0.25) is 0 Å². The second-order valence-electron chi connectivity index (χ2n) is 13.0. The summed E-state index contributed by atoms with van der Waals surface area (Å²) in [6, 6.07) is 14.0. The van der Waals surface area contributed by atoms with Crippen LogP contribution in [0.15, 0.2) is 48.8 Å². The third kappa shape index (κ3) is 5.58. The Morgan fingerprint density at radius 3 is 2.17 bits per heavy atom. The molecule has 5 heterocycles. The van der Waals surface area contributed by atoms with Crippen molar-refractivity contribution >= 4 is 23.3 Å². The minimum Gasteiger partial charge on any atom is -0.370 e. The SMILES string of the molecule is CC(C)N1CC2(CN(c3ccc(-c4cc5c(N6CCN(C=O)CC6)ccnn5c4)cc3)C2)C1.CC1CCCCC1. The summed E-state index contributed by atoms with van der Waals surface area (Å²) in [6.07, 6.45) is 12.4. The van der Waals surface area contributed by atoms with Crippen LogP contribution in [0, 0.1) is 11.3 Å². The number of benzene rings is 1. The van der Waals surface area contributed by atoms with Crippen molar-refractivity contribution in [2.45, 2.75) is 58.9 Å². The Morgan fingerprint density at radius 2 is 1.57 bits per heavy atom. The predicted octanol–water partition coefficient (Wildman–Crippen LogP) is 5.40. The highest BCUT2D eigenvalue weighted by molar-refractivity contribution is 5.80. The monoisotopic (exact) mass is 542 g/mol. The van der Waals surface area contributed by atoms with E-state index in [1.165, 1.54) is 80.8 Å². The first kappa shape index (κ1) is 27.1. The van der Waals surface area contributed by atoms with Gasteiger partial charge in [-0.3, -0.25) is 9.69 Å². The van der Waals surface area contributed by atoms with E-state index in [2.05, 4.69) is 83.2 Å².